The number of carbonyl (C=O) groups excluding carboxylic acids is 2. The van der Waals surface area contributed by atoms with Crippen molar-refractivity contribution < 1.29 is 19.1 Å². The molecule has 0 aliphatic rings. The number of esters is 2. The van der Waals surface area contributed by atoms with Crippen LogP contribution in [-0.2, 0) is 9.53 Å². The molecule has 0 saturated carbocycles. The molecule has 0 aromatic heterocycles. The fourth-order valence-electron chi connectivity index (χ4n) is 1.43. The zero-order valence-corrected chi connectivity index (χ0v) is 10.9. The second-order valence-corrected chi connectivity index (χ2v) is 4.29. The van der Waals surface area contributed by atoms with Gasteiger partial charge in [0.1, 0.15) is 11.3 Å². The number of rotatable bonds is 5. The molecule has 0 bridgehead atoms. The molecule has 1 aromatic rings. The third-order valence-corrected chi connectivity index (χ3v) is 2.18. The summed E-state index contributed by atoms with van der Waals surface area (Å²) in [5.74, 6) is -0.360. The van der Waals surface area contributed by atoms with Gasteiger partial charge in [0, 0.05) is 6.42 Å². The van der Waals surface area contributed by atoms with E-state index in [1.54, 1.807) is 31.2 Å². The summed E-state index contributed by atoms with van der Waals surface area (Å²) in [6.07, 6.45) is 0.317. The lowest BCUT2D eigenvalue weighted by molar-refractivity contribution is -0.135. The molecule has 0 fully saturated rings. The highest BCUT2D eigenvalue weighted by atomic mass is 16.5. The summed E-state index contributed by atoms with van der Waals surface area (Å²) in [4.78, 5) is 23.2. The van der Waals surface area contributed by atoms with E-state index in [9.17, 15) is 9.59 Å². The van der Waals surface area contributed by atoms with Crippen LogP contribution >= 0.6 is 0 Å². The van der Waals surface area contributed by atoms with E-state index in [-0.39, 0.29) is 29.8 Å². The summed E-state index contributed by atoms with van der Waals surface area (Å²) >= 11 is 0. The van der Waals surface area contributed by atoms with Gasteiger partial charge in [0.05, 0.1) is 6.61 Å². The molecular weight excluding hydrogens is 232 g/mol. The van der Waals surface area contributed by atoms with Crippen LogP contribution in [0.1, 0.15) is 37.6 Å². The lowest BCUT2D eigenvalue weighted by Gasteiger charge is -2.10. The first-order valence-electron chi connectivity index (χ1n) is 6.01. The lowest BCUT2D eigenvalue weighted by Crippen LogP contribution is -2.14. The third-order valence-electron chi connectivity index (χ3n) is 2.18. The molecule has 0 unspecified atom stereocenters. The summed E-state index contributed by atoms with van der Waals surface area (Å²) in [6, 6.07) is 6.58. The highest BCUT2D eigenvalue weighted by Gasteiger charge is 2.16. The number of ether oxygens (including phenoxy) is 2. The normalized spacial score (nSPS) is 10.2. The van der Waals surface area contributed by atoms with Crippen LogP contribution in [0.4, 0.5) is 0 Å². The average molecular weight is 250 g/mol. The van der Waals surface area contributed by atoms with E-state index in [4.69, 9.17) is 9.47 Å². The van der Waals surface area contributed by atoms with Gasteiger partial charge in [-0.15, -0.1) is 0 Å². The average Bonchev–Trinajstić information content (AvgIpc) is 2.28. The first kappa shape index (κ1) is 14.2. The maximum Gasteiger partial charge on any atom is 0.341 e. The van der Waals surface area contributed by atoms with Gasteiger partial charge in [0.2, 0.25) is 0 Å². The Morgan fingerprint density at radius 2 is 1.89 bits per heavy atom. The molecule has 0 aliphatic heterocycles. The molecule has 0 amide bonds. The quantitative estimate of drug-likeness (QED) is 0.595. The number of benzene rings is 1. The van der Waals surface area contributed by atoms with Gasteiger partial charge in [-0.3, -0.25) is 4.79 Å². The molecule has 0 saturated heterocycles. The Morgan fingerprint density at radius 3 is 2.50 bits per heavy atom. The summed E-state index contributed by atoms with van der Waals surface area (Å²) in [6.45, 7) is 5.87. The summed E-state index contributed by atoms with van der Waals surface area (Å²) in [5, 5.41) is 0. The minimum atomic E-state index is -0.481. The van der Waals surface area contributed by atoms with E-state index >= 15 is 0 Å². The number of hydrogen-bond donors (Lipinski definition) is 0. The summed E-state index contributed by atoms with van der Waals surface area (Å²) < 4.78 is 10.1. The molecule has 98 valence electrons. The van der Waals surface area contributed by atoms with Gasteiger partial charge in [0.15, 0.2) is 0 Å². The highest BCUT2D eigenvalue weighted by molar-refractivity contribution is 5.93. The van der Waals surface area contributed by atoms with E-state index in [1.807, 2.05) is 13.8 Å². The van der Waals surface area contributed by atoms with Crippen molar-refractivity contribution in [3.63, 3.8) is 0 Å². The van der Waals surface area contributed by atoms with Gasteiger partial charge in [-0.1, -0.05) is 26.0 Å². The molecule has 0 aliphatic carbocycles. The number of hydrogen-bond acceptors (Lipinski definition) is 4. The molecular formula is C14H18O4. The van der Waals surface area contributed by atoms with Gasteiger partial charge in [-0.05, 0) is 25.0 Å². The molecule has 0 N–H and O–H groups in total. The van der Waals surface area contributed by atoms with Crippen molar-refractivity contribution in [2.24, 2.45) is 5.92 Å². The van der Waals surface area contributed by atoms with Crippen molar-refractivity contribution in [1.82, 2.24) is 0 Å². The Bertz CT molecular complexity index is 424. The largest absolute Gasteiger partial charge is 0.462 e. The molecule has 0 atom stereocenters. The standard InChI is InChI=1S/C14H18O4/c1-4-17-14(16)11-7-5-6-8-12(11)18-13(15)9-10(2)3/h5-8,10H,4,9H2,1-3H3. The summed E-state index contributed by atoms with van der Waals surface area (Å²) in [7, 11) is 0. The predicted octanol–water partition coefficient (Wildman–Crippen LogP) is 2.81. The van der Waals surface area contributed by atoms with Gasteiger partial charge in [0.25, 0.3) is 0 Å². The Kier molecular flexibility index (Phi) is 5.36. The molecule has 1 rings (SSSR count). The minimum absolute atomic E-state index is 0.215. The number of para-hydroxylation sites is 1. The Morgan fingerprint density at radius 1 is 1.22 bits per heavy atom. The Balaban J connectivity index is 2.82. The second kappa shape index (κ2) is 6.79. The highest BCUT2D eigenvalue weighted by Crippen LogP contribution is 2.20. The van der Waals surface area contributed by atoms with E-state index in [2.05, 4.69) is 0 Å². The van der Waals surface area contributed by atoms with Crippen molar-refractivity contribution in [2.75, 3.05) is 6.61 Å². The topological polar surface area (TPSA) is 52.6 Å². The molecule has 1 aromatic carbocycles. The fourth-order valence-corrected chi connectivity index (χ4v) is 1.43. The first-order valence-corrected chi connectivity index (χ1v) is 6.01. The van der Waals surface area contributed by atoms with Crippen LogP contribution in [0, 0.1) is 5.92 Å². The van der Waals surface area contributed by atoms with Crippen LogP contribution in [0.3, 0.4) is 0 Å². The zero-order chi connectivity index (χ0) is 13.5. The van der Waals surface area contributed by atoms with Crippen LogP contribution in [0.2, 0.25) is 0 Å². The third kappa shape index (κ3) is 4.20. The first-order chi connectivity index (χ1) is 8.54. The van der Waals surface area contributed by atoms with Crippen molar-refractivity contribution in [3.05, 3.63) is 29.8 Å². The van der Waals surface area contributed by atoms with Crippen LogP contribution in [0.25, 0.3) is 0 Å². The van der Waals surface area contributed by atoms with Gasteiger partial charge in [-0.25, -0.2) is 4.79 Å². The van der Waals surface area contributed by atoms with Crippen molar-refractivity contribution >= 4 is 11.9 Å². The van der Waals surface area contributed by atoms with Crippen LogP contribution in [0.15, 0.2) is 24.3 Å². The number of carbonyl (C=O) groups is 2. The molecule has 4 heteroatoms. The maximum atomic E-state index is 11.7. The van der Waals surface area contributed by atoms with Gasteiger partial charge in [-0.2, -0.15) is 0 Å². The van der Waals surface area contributed by atoms with Crippen molar-refractivity contribution in [1.29, 1.82) is 0 Å². The molecule has 4 nitrogen and oxygen atoms in total. The molecule has 0 radical (unpaired) electrons. The Labute approximate surface area is 107 Å². The maximum absolute atomic E-state index is 11.7. The second-order valence-electron chi connectivity index (χ2n) is 4.29. The van der Waals surface area contributed by atoms with Crippen LogP contribution in [0.5, 0.6) is 5.75 Å². The Hall–Kier alpha value is -1.84. The molecule has 0 heterocycles. The minimum Gasteiger partial charge on any atom is -0.462 e. The van der Waals surface area contributed by atoms with Crippen molar-refractivity contribution in [3.8, 4) is 5.75 Å². The lowest BCUT2D eigenvalue weighted by atomic mass is 10.1. The SMILES string of the molecule is CCOC(=O)c1ccccc1OC(=O)CC(C)C. The van der Waals surface area contributed by atoms with E-state index in [0.29, 0.717) is 6.42 Å². The fraction of sp³-hybridized carbons (Fsp3) is 0.429. The van der Waals surface area contributed by atoms with E-state index in [0.717, 1.165) is 0 Å². The predicted molar refractivity (Wildman–Crippen MR) is 67.5 cm³/mol. The van der Waals surface area contributed by atoms with Crippen molar-refractivity contribution in [2.45, 2.75) is 27.2 Å². The smallest absolute Gasteiger partial charge is 0.341 e. The molecule has 18 heavy (non-hydrogen) atoms. The molecule has 0 spiro atoms. The van der Waals surface area contributed by atoms with Gasteiger partial charge >= 0.3 is 11.9 Å². The van der Waals surface area contributed by atoms with E-state index < -0.39 is 5.97 Å². The summed E-state index contributed by atoms with van der Waals surface area (Å²) in [5.41, 5.74) is 0.274. The van der Waals surface area contributed by atoms with Crippen LogP contribution < -0.4 is 4.74 Å². The van der Waals surface area contributed by atoms with E-state index in [1.165, 1.54) is 0 Å². The zero-order valence-electron chi connectivity index (χ0n) is 10.9. The monoisotopic (exact) mass is 250 g/mol. The van der Waals surface area contributed by atoms with Gasteiger partial charge < -0.3 is 9.47 Å². The van der Waals surface area contributed by atoms with Crippen LogP contribution in [-0.4, -0.2) is 18.5 Å².